The Hall–Kier alpha value is -3.20. The number of anilines is 1. The number of carbonyl (C=O) groups is 2. The van der Waals surface area contributed by atoms with Crippen LogP contribution in [0.1, 0.15) is 59.9 Å². The van der Waals surface area contributed by atoms with Crippen LogP contribution in [0.2, 0.25) is 0 Å². The highest BCUT2D eigenvalue weighted by Gasteiger charge is 2.08. The van der Waals surface area contributed by atoms with Crippen LogP contribution < -0.4 is 5.32 Å². The predicted octanol–water partition coefficient (Wildman–Crippen LogP) is 7.37. The molecule has 1 aromatic carbocycles. The van der Waals surface area contributed by atoms with Crippen LogP contribution in [-0.4, -0.2) is 11.7 Å². The number of rotatable bonds is 10. The lowest BCUT2D eigenvalue weighted by atomic mass is 9.95. The first-order valence-electron chi connectivity index (χ1n) is 10.6. The van der Waals surface area contributed by atoms with Crippen molar-refractivity contribution in [1.29, 1.82) is 0 Å². The summed E-state index contributed by atoms with van der Waals surface area (Å²) in [5, 5.41) is 2.80. The maximum atomic E-state index is 12.2. The van der Waals surface area contributed by atoms with E-state index in [2.05, 4.69) is 25.4 Å². The van der Waals surface area contributed by atoms with Gasteiger partial charge in [0, 0.05) is 16.8 Å². The van der Waals surface area contributed by atoms with Gasteiger partial charge in [0.25, 0.3) is 5.91 Å². The fourth-order valence-corrected chi connectivity index (χ4v) is 3.08. The number of allylic oxidation sites excluding steroid dienone is 9. The molecule has 0 unspecified atom stereocenters. The molecule has 0 aliphatic heterocycles. The Balaban J connectivity index is 3.22. The minimum atomic E-state index is -0.199. The zero-order valence-corrected chi connectivity index (χ0v) is 19.8. The number of hydrogen-bond donors (Lipinski definition) is 1. The first-order valence-corrected chi connectivity index (χ1v) is 10.6. The number of ketones is 1. The number of Topliss-reactive ketones (excluding diaryl/α,β-unsaturated/α-hetero) is 1. The van der Waals surface area contributed by atoms with Crippen LogP contribution in [0.4, 0.5) is 5.69 Å². The molecule has 3 nitrogen and oxygen atoms in total. The summed E-state index contributed by atoms with van der Waals surface area (Å²) in [5.74, 6) is -0.119. The van der Waals surface area contributed by atoms with Crippen LogP contribution in [0, 0.1) is 0 Å². The third-order valence-corrected chi connectivity index (χ3v) is 4.86. The van der Waals surface area contributed by atoms with Crippen LogP contribution in [0.15, 0.2) is 89.6 Å². The number of hydrogen-bond acceptors (Lipinski definition) is 2. The van der Waals surface area contributed by atoms with Crippen molar-refractivity contribution in [3.05, 3.63) is 95.2 Å². The maximum Gasteiger partial charge on any atom is 0.250 e. The first-order chi connectivity index (χ1) is 14.6. The topological polar surface area (TPSA) is 46.2 Å². The molecule has 1 aromatic rings. The van der Waals surface area contributed by atoms with Crippen LogP contribution in [0.25, 0.3) is 5.57 Å². The summed E-state index contributed by atoms with van der Waals surface area (Å²) in [6, 6.07) is 7.53. The first kappa shape index (κ1) is 25.8. The molecule has 0 saturated carbocycles. The lowest BCUT2D eigenvalue weighted by molar-refractivity contribution is -0.113. The van der Waals surface area contributed by atoms with Gasteiger partial charge >= 0.3 is 0 Å². The van der Waals surface area contributed by atoms with Gasteiger partial charge in [-0.3, -0.25) is 9.59 Å². The Labute approximate surface area is 187 Å². The third kappa shape index (κ3) is 8.21. The van der Waals surface area contributed by atoms with E-state index in [1.807, 2.05) is 69.3 Å². The summed E-state index contributed by atoms with van der Waals surface area (Å²) in [4.78, 5) is 23.9. The zero-order chi connectivity index (χ0) is 23.6. The molecular formula is C28H35NO2. The van der Waals surface area contributed by atoms with Gasteiger partial charge in [0.1, 0.15) is 0 Å². The van der Waals surface area contributed by atoms with Crippen LogP contribution in [0.3, 0.4) is 0 Å². The molecule has 0 heterocycles. The van der Waals surface area contributed by atoms with Gasteiger partial charge < -0.3 is 5.32 Å². The molecule has 3 heteroatoms. The summed E-state index contributed by atoms with van der Waals surface area (Å²) in [7, 11) is 0. The molecule has 31 heavy (non-hydrogen) atoms. The van der Waals surface area contributed by atoms with Crippen molar-refractivity contribution in [2.75, 3.05) is 5.32 Å². The Kier molecular flexibility index (Phi) is 10.4. The van der Waals surface area contributed by atoms with Crippen LogP contribution >= 0.6 is 0 Å². The van der Waals surface area contributed by atoms with E-state index in [-0.39, 0.29) is 11.7 Å². The highest BCUT2D eigenvalue weighted by Crippen LogP contribution is 2.24. The lowest BCUT2D eigenvalue weighted by Gasteiger charge is -2.10. The maximum absolute atomic E-state index is 12.2. The van der Waals surface area contributed by atoms with E-state index < -0.39 is 0 Å². The molecule has 0 aromatic heterocycles. The second-order valence-corrected chi connectivity index (χ2v) is 7.76. The largest absolute Gasteiger partial charge is 0.322 e. The van der Waals surface area contributed by atoms with Crippen molar-refractivity contribution >= 4 is 23.0 Å². The molecule has 0 atom stereocenters. The van der Waals surface area contributed by atoms with Crippen molar-refractivity contribution in [2.24, 2.45) is 0 Å². The zero-order valence-electron chi connectivity index (χ0n) is 19.8. The van der Waals surface area contributed by atoms with Gasteiger partial charge in [0.15, 0.2) is 5.78 Å². The van der Waals surface area contributed by atoms with Gasteiger partial charge in [-0.05, 0) is 87.6 Å². The number of amides is 1. The molecule has 0 radical (unpaired) electrons. The van der Waals surface area contributed by atoms with E-state index in [9.17, 15) is 9.59 Å². The molecule has 1 amide bonds. The molecule has 1 N–H and O–H groups in total. The summed E-state index contributed by atoms with van der Waals surface area (Å²) in [6.07, 6.45) is 9.89. The highest BCUT2D eigenvalue weighted by molar-refractivity contribution is 6.02. The standard InChI is InChI=1S/C28H35NO2/c1-9-11-20(5)27(23(8)30)18-22(7)25(12-10-2)17-21(6)24-13-15-26(16-14-24)29-28(31)19(3)4/h10,12-18H,3,6,9,11H2,1-2,4-5,7-8H3,(H,29,31)/b12-10-,22-18+,25-17+,27-20-. The van der Waals surface area contributed by atoms with E-state index >= 15 is 0 Å². The van der Waals surface area contributed by atoms with Gasteiger partial charge in [0.2, 0.25) is 0 Å². The SMILES string of the molecule is C=C(C)C(=O)Nc1ccc(C(=C)/C=C(\C=C/C)C(/C)=C/C(C(C)=O)=C(\C)CCC)cc1. The van der Waals surface area contributed by atoms with Crippen molar-refractivity contribution in [3.63, 3.8) is 0 Å². The van der Waals surface area contributed by atoms with Crippen LogP contribution in [-0.2, 0) is 9.59 Å². The van der Waals surface area contributed by atoms with Gasteiger partial charge in [0.05, 0.1) is 0 Å². The molecule has 0 fully saturated rings. The molecule has 0 spiro atoms. The van der Waals surface area contributed by atoms with Gasteiger partial charge in [-0.2, -0.15) is 0 Å². The second kappa shape index (κ2) is 12.5. The fraction of sp³-hybridized carbons (Fsp3) is 0.286. The van der Waals surface area contributed by atoms with Gasteiger partial charge in [-0.15, -0.1) is 0 Å². The molecule has 0 aliphatic rings. The predicted molar refractivity (Wildman–Crippen MR) is 134 cm³/mol. The number of carbonyl (C=O) groups excluding carboxylic acids is 2. The monoisotopic (exact) mass is 417 g/mol. The summed E-state index contributed by atoms with van der Waals surface area (Å²) < 4.78 is 0. The van der Waals surface area contributed by atoms with Crippen molar-refractivity contribution in [3.8, 4) is 0 Å². The Morgan fingerprint density at radius 2 is 1.61 bits per heavy atom. The molecule has 1 rings (SSSR count). The van der Waals surface area contributed by atoms with E-state index in [1.165, 1.54) is 0 Å². The normalized spacial score (nSPS) is 13.1. The minimum absolute atomic E-state index is 0.0800. The van der Waals surface area contributed by atoms with E-state index in [4.69, 9.17) is 0 Å². The lowest BCUT2D eigenvalue weighted by Crippen LogP contribution is -2.11. The van der Waals surface area contributed by atoms with E-state index in [0.29, 0.717) is 11.3 Å². The molecule has 164 valence electrons. The van der Waals surface area contributed by atoms with Crippen molar-refractivity contribution in [2.45, 2.75) is 54.4 Å². The molecule has 0 aliphatic carbocycles. The average molecular weight is 418 g/mol. The molecule has 0 bridgehead atoms. The number of nitrogens with one attached hydrogen (secondary N) is 1. The Morgan fingerprint density at radius 1 is 1.00 bits per heavy atom. The summed E-state index contributed by atoms with van der Waals surface area (Å²) in [5.41, 5.74) is 6.85. The van der Waals surface area contributed by atoms with Gasteiger partial charge in [-0.25, -0.2) is 0 Å². The average Bonchev–Trinajstić information content (AvgIpc) is 2.71. The van der Waals surface area contributed by atoms with Gasteiger partial charge in [-0.1, -0.05) is 56.4 Å². The van der Waals surface area contributed by atoms with Crippen LogP contribution in [0.5, 0.6) is 0 Å². The fourth-order valence-electron chi connectivity index (χ4n) is 3.08. The molecular weight excluding hydrogens is 382 g/mol. The Bertz CT molecular complexity index is 967. The second-order valence-electron chi connectivity index (χ2n) is 7.76. The highest BCUT2D eigenvalue weighted by atomic mass is 16.1. The summed E-state index contributed by atoms with van der Waals surface area (Å²) in [6.45, 7) is 19.3. The van der Waals surface area contributed by atoms with E-state index in [0.717, 1.165) is 46.3 Å². The van der Waals surface area contributed by atoms with Crippen molar-refractivity contribution in [1.82, 2.24) is 0 Å². The number of benzene rings is 1. The Morgan fingerprint density at radius 3 is 2.10 bits per heavy atom. The molecule has 0 saturated heterocycles. The summed E-state index contributed by atoms with van der Waals surface area (Å²) >= 11 is 0. The van der Waals surface area contributed by atoms with Crippen molar-refractivity contribution < 1.29 is 9.59 Å². The quantitative estimate of drug-likeness (QED) is 0.319. The smallest absolute Gasteiger partial charge is 0.250 e. The van der Waals surface area contributed by atoms with E-state index in [1.54, 1.807) is 13.8 Å². The third-order valence-electron chi connectivity index (χ3n) is 4.86. The minimum Gasteiger partial charge on any atom is -0.322 e.